The molecule has 0 unspecified atom stereocenters. The molecule has 4 heterocycles. The lowest BCUT2D eigenvalue weighted by Gasteiger charge is -2.27. The Morgan fingerprint density at radius 2 is 2.00 bits per heavy atom. The first-order chi connectivity index (χ1) is 14.7. The van der Waals surface area contributed by atoms with Crippen molar-refractivity contribution in [3.8, 4) is 21.7 Å². The van der Waals surface area contributed by atoms with E-state index >= 15 is 0 Å². The molecule has 1 aliphatic carbocycles. The summed E-state index contributed by atoms with van der Waals surface area (Å²) in [6.07, 6.45) is 7.23. The third-order valence-corrected chi connectivity index (χ3v) is 7.15. The predicted octanol–water partition coefficient (Wildman–Crippen LogP) is 6.34. The molecule has 0 amide bonds. The van der Waals surface area contributed by atoms with E-state index in [9.17, 15) is 0 Å². The van der Waals surface area contributed by atoms with Crippen molar-refractivity contribution in [1.82, 2.24) is 19.5 Å². The minimum atomic E-state index is 0.457. The SMILES string of the molecule is Nc1ncnc2c1c(-c1cc3nc(-c4cccs4)ccc3cc1Cl)cn2C1CCC1. The number of pyridine rings is 1. The van der Waals surface area contributed by atoms with Gasteiger partial charge < -0.3 is 10.3 Å². The Morgan fingerprint density at radius 3 is 2.77 bits per heavy atom. The fourth-order valence-corrected chi connectivity index (χ4v) is 5.14. The number of rotatable bonds is 3. The maximum Gasteiger partial charge on any atom is 0.146 e. The van der Waals surface area contributed by atoms with Gasteiger partial charge in [0.1, 0.15) is 17.8 Å². The van der Waals surface area contributed by atoms with Crippen molar-refractivity contribution in [2.45, 2.75) is 25.3 Å². The van der Waals surface area contributed by atoms with Gasteiger partial charge in [0, 0.05) is 33.8 Å². The van der Waals surface area contributed by atoms with Crippen LogP contribution < -0.4 is 5.73 Å². The fourth-order valence-electron chi connectivity index (χ4n) is 4.17. The topological polar surface area (TPSA) is 69.6 Å². The van der Waals surface area contributed by atoms with Crippen molar-refractivity contribution >= 4 is 50.7 Å². The molecule has 1 aromatic carbocycles. The number of fused-ring (bicyclic) bond motifs is 2. The number of benzene rings is 1. The van der Waals surface area contributed by atoms with E-state index in [1.54, 1.807) is 11.3 Å². The van der Waals surface area contributed by atoms with Gasteiger partial charge >= 0.3 is 0 Å². The minimum absolute atomic E-state index is 0.457. The van der Waals surface area contributed by atoms with Crippen molar-refractivity contribution in [3.63, 3.8) is 0 Å². The van der Waals surface area contributed by atoms with Crippen LogP contribution in [0.2, 0.25) is 5.02 Å². The van der Waals surface area contributed by atoms with E-state index < -0.39 is 0 Å². The van der Waals surface area contributed by atoms with Gasteiger partial charge in [-0.2, -0.15) is 0 Å². The molecule has 0 bridgehead atoms. The number of nitrogens with zero attached hydrogens (tertiary/aromatic N) is 4. The lowest BCUT2D eigenvalue weighted by atomic mass is 9.93. The lowest BCUT2D eigenvalue weighted by Crippen LogP contribution is -2.16. The monoisotopic (exact) mass is 431 g/mol. The average molecular weight is 432 g/mol. The first-order valence-electron chi connectivity index (χ1n) is 9.94. The zero-order valence-electron chi connectivity index (χ0n) is 16.0. The van der Waals surface area contributed by atoms with Crippen LogP contribution in [0.3, 0.4) is 0 Å². The largest absolute Gasteiger partial charge is 0.383 e. The quantitative estimate of drug-likeness (QED) is 0.362. The molecule has 30 heavy (non-hydrogen) atoms. The van der Waals surface area contributed by atoms with Crippen LogP contribution in [0.25, 0.3) is 43.6 Å². The third kappa shape index (κ3) is 2.71. The summed E-state index contributed by atoms with van der Waals surface area (Å²) in [5.74, 6) is 0.476. The normalized spacial score (nSPS) is 14.4. The number of nitrogens with two attached hydrogens (primary N) is 1. The van der Waals surface area contributed by atoms with Crippen LogP contribution in [0, 0.1) is 0 Å². The zero-order valence-corrected chi connectivity index (χ0v) is 17.6. The highest BCUT2D eigenvalue weighted by molar-refractivity contribution is 7.13. The van der Waals surface area contributed by atoms with E-state index in [1.807, 2.05) is 18.2 Å². The molecule has 0 aliphatic heterocycles. The van der Waals surface area contributed by atoms with E-state index in [0.29, 0.717) is 16.9 Å². The smallest absolute Gasteiger partial charge is 0.146 e. The second-order valence-corrected chi connectivity index (χ2v) is 9.05. The van der Waals surface area contributed by atoms with Crippen LogP contribution >= 0.6 is 22.9 Å². The van der Waals surface area contributed by atoms with Gasteiger partial charge in [-0.3, -0.25) is 0 Å². The average Bonchev–Trinajstić information content (AvgIpc) is 3.36. The van der Waals surface area contributed by atoms with Crippen LogP contribution in [0.15, 0.2) is 54.3 Å². The van der Waals surface area contributed by atoms with Crippen LogP contribution in [-0.4, -0.2) is 19.5 Å². The number of halogens is 1. The molecule has 4 aromatic heterocycles. The summed E-state index contributed by atoms with van der Waals surface area (Å²) < 4.78 is 2.24. The van der Waals surface area contributed by atoms with Crippen molar-refractivity contribution in [2.75, 3.05) is 5.73 Å². The van der Waals surface area contributed by atoms with Gasteiger partial charge in [-0.15, -0.1) is 11.3 Å². The van der Waals surface area contributed by atoms with Crippen molar-refractivity contribution in [2.24, 2.45) is 0 Å². The molecular weight excluding hydrogens is 414 g/mol. The van der Waals surface area contributed by atoms with Crippen molar-refractivity contribution < 1.29 is 0 Å². The Morgan fingerprint density at radius 1 is 1.10 bits per heavy atom. The van der Waals surface area contributed by atoms with Crippen LogP contribution in [0.5, 0.6) is 0 Å². The molecule has 1 fully saturated rings. The van der Waals surface area contributed by atoms with Gasteiger partial charge in [0.2, 0.25) is 0 Å². The molecule has 2 N–H and O–H groups in total. The minimum Gasteiger partial charge on any atom is -0.383 e. The molecule has 0 radical (unpaired) electrons. The van der Waals surface area contributed by atoms with Gasteiger partial charge in [-0.25, -0.2) is 15.0 Å². The summed E-state index contributed by atoms with van der Waals surface area (Å²) in [4.78, 5) is 14.8. The second kappa shape index (κ2) is 6.79. The molecule has 1 saturated carbocycles. The number of aromatic nitrogens is 4. The number of hydrogen-bond acceptors (Lipinski definition) is 5. The molecule has 0 spiro atoms. The number of nitrogen functional groups attached to an aromatic ring is 1. The van der Waals surface area contributed by atoms with E-state index in [-0.39, 0.29) is 0 Å². The van der Waals surface area contributed by atoms with E-state index in [1.165, 1.54) is 12.7 Å². The van der Waals surface area contributed by atoms with Crippen LogP contribution in [0.1, 0.15) is 25.3 Å². The lowest BCUT2D eigenvalue weighted by molar-refractivity contribution is 0.320. The Kier molecular flexibility index (Phi) is 4.04. The molecule has 0 atom stereocenters. The predicted molar refractivity (Wildman–Crippen MR) is 124 cm³/mol. The van der Waals surface area contributed by atoms with Crippen molar-refractivity contribution in [1.29, 1.82) is 0 Å². The highest BCUT2D eigenvalue weighted by Crippen LogP contribution is 2.42. The first-order valence-corrected chi connectivity index (χ1v) is 11.2. The number of anilines is 1. The number of thiophene rings is 1. The molecule has 5 aromatic rings. The maximum absolute atomic E-state index is 6.75. The summed E-state index contributed by atoms with van der Waals surface area (Å²) >= 11 is 8.43. The van der Waals surface area contributed by atoms with E-state index in [0.717, 1.165) is 56.5 Å². The van der Waals surface area contributed by atoms with E-state index in [4.69, 9.17) is 22.3 Å². The summed E-state index contributed by atoms with van der Waals surface area (Å²) in [5.41, 5.74) is 10.9. The molecule has 148 valence electrons. The summed E-state index contributed by atoms with van der Waals surface area (Å²) in [6.45, 7) is 0. The Hall–Kier alpha value is -2.96. The standard InChI is InChI=1S/C23H18ClN5S/c24-17-9-13-6-7-18(20-5-2-8-30-20)28-19(13)10-15(17)16-11-29(14-3-1-4-14)23-21(16)22(25)26-12-27-23/h2,5-12,14H,1,3-4H2,(H2,25,26,27). The summed E-state index contributed by atoms with van der Waals surface area (Å²) in [6, 6.07) is 12.7. The molecule has 0 saturated heterocycles. The van der Waals surface area contributed by atoms with E-state index in [2.05, 4.69) is 44.3 Å². The molecule has 1 aliphatic rings. The Balaban J connectivity index is 1.59. The highest BCUT2D eigenvalue weighted by Gasteiger charge is 2.25. The summed E-state index contributed by atoms with van der Waals surface area (Å²) in [5, 5.41) is 4.60. The van der Waals surface area contributed by atoms with Crippen LogP contribution in [0.4, 0.5) is 5.82 Å². The van der Waals surface area contributed by atoms with Gasteiger partial charge in [0.25, 0.3) is 0 Å². The summed E-state index contributed by atoms with van der Waals surface area (Å²) in [7, 11) is 0. The highest BCUT2D eigenvalue weighted by atomic mass is 35.5. The van der Waals surface area contributed by atoms with Gasteiger partial charge in [0.05, 0.1) is 21.5 Å². The molecule has 5 nitrogen and oxygen atoms in total. The second-order valence-electron chi connectivity index (χ2n) is 7.69. The Bertz CT molecular complexity index is 1400. The van der Waals surface area contributed by atoms with Crippen LogP contribution in [-0.2, 0) is 0 Å². The molecule has 7 heteroatoms. The third-order valence-electron chi connectivity index (χ3n) is 5.95. The Labute approximate surface area is 182 Å². The first kappa shape index (κ1) is 17.9. The molecular formula is C23H18ClN5S. The van der Waals surface area contributed by atoms with Gasteiger partial charge in [-0.1, -0.05) is 23.7 Å². The fraction of sp³-hybridized carbons (Fsp3) is 0.174. The van der Waals surface area contributed by atoms with Crippen molar-refractivity contribution in [3.05, 3.63) is 59.3 Å². The molecule has 6 rings (SSSR count). The van der Waals surface area contributed by atoms with Gasteiger partial charge in [-0.05, 0) is 48.9 Å². The van der Waals surface area contributed by atoms with Gasteiger partial charge in [0.15, 0.2) is 0 Å². The number of hydrogen-bond donors (Lipinski definition) is 1. The zero-order chi connectivity index (χ0) is 20.2. The maximum atomic E-state index is 6.75.